The van der Waals surface area contributed by atoms with Gasteiger partial charge in [0.25, 0.3) is 0 Å². The topological polar surface area (TPSA) is 42.5 Å². The molecule has 2 unspecified atom stereocenters. The van der Waals surface area contributed by atoms with Crippen molar-refractivity contribution in [3.05, 3.63) is 0 Å². The first-order chi connectivity index (χ1) is 8.26. The Morgan fingerprint density at radius 3 is 2.47 bits per heavy atom. The van der Waals surface area contributed by atoms with Crippen molar-refractivity contribution in [2.24, 2.45) is 0 Å². The molecule has 0 aromatic carbocycles. The van der Waals surface area contributed by atoms with Crippen molar-refractivity contribution >= 4 is 0 Å². The summed E-state index contributed by atoms with van der Waals surface area (Å²) in [5.41, 5.74) is 0. The maximum atomic E-state index is 5.31. The predicted molar refractivity (Wildman–Crippen MR) is 70.4 cm³/mol. The highest BCUT2D eigenvalue weighted by Crippen LogP contribution is 2.17. The molecule has 1 aliphatic carbocycles. The zero-order valence-corrected chi connectivity index (χ0v) is 11.5. The number of hydrogen-bond donors (Lipinski definition) is 2. The van der Waals surface area contributed by atoms with Crippen LogP contribution in [0.5, 0.6) is 0 Å². The second-order valence-corrected chi connectivity index (χ2v) is 5.01. The fourth-order valence-corrected chi connectivity index (χ4v) is 2.27. The van der Waals surface area contributed by atoms with Gasteiger partial charge in [-0.15, -0.1) is 0 Å². The maximum absolute atomic E-state index is 5.31. The number of ether oxygens (including phenoxy) is 2. The largest absolute Gasteiger partial charge is 0.382 e. The maximum Gasteiger partial charge on any atom is 0.0928 e. The Balaban J connectivity index is 2.04. The number of methoxy groups -OCH3 is 2. The first-order valence-electron chi connectivity index (χ1n) is 6.74. The summed E-state index contributed by atoms with van der Waals surface area (Å²) < 4.78 is 10.4. The minimum atomic E-state index is 0.147. The van der Waals surface area contributed by atoms with Crippen LogP contribution in [0.1, 0.15) is 32.6 Å². The first-order valence-corrected chi connectivity index (χ1v) is 6.74. The number of rotatable bonds is 9. The van der Waals surface area contributed by atoms with Crippen LogP contribution in [0.3, 0.4) is 0 Å². The van der Waals surface area contributed by atoms with E-state index in [4.69, 9.17) is 9.47 Å². The molecule has 2 atom stereocenters. The third-order valence-electron chi connectivity index (χ3n) is 3.45. The van der Waals surface area contributed by atoms with Crippen LogP contribution in [0.4, 0.5) is 0 Å². The summed E-state index contributed by atoms with van der Waals surface area (Å²) in [6.45, 7) is 4.74. The van der Waals surface area contributed by atoms with Crippen molar-refractivity contribution in [2.45, 2.75) is 50.8 Å². The van der Waals surface area contributed by atoms with Crippen molar-refractivity contribution in [3.8, 4) is 0 Å². The van der Waals surface area contributed by atoms with Gasteiger partial charge in [-0.05, 0) is 19.8 Å². The molecule has 1 aliphatic rings. The molecule has 0 radical (unpaired) electrons. The summed E-state index contributed by atoms with van der Waals surface area (Å²) in [6, 6.07) is 1.22. The normalized spacial score (nSPS) is 20.6. The lowest BCUT2D eigenvalue weighted by Gasteiger charge is -2.21. The van der Waals surface area contributed by atoms with Gasteiger partial charge in [0.15, 0.2) is 0 Å². The van der Waals surface area contributed by atoms with Gasteiger partial charge in [0, 0.05) is 39.4 Å². The first kappa shape index (κ1) is 14.9. The lowest BCUT2D eigenvalue weighted by molar-refractivity contribution is 0.0276. The van der Waals surface area contributed by atoms with Gasteiger partial charge < -0.3 is 20.1 Å². The molecule has 0 heterocycles. The van der Waals surface area contributed by atoms with Crippen molar-refractivity contribution < 1.29 is 9.47 Å². The number of hydrogen-bond acceptors (Lipinski definition) is 4. The second kappa shape index (κ2) is 8.86. The molecule has 102 valence electrons. The molecule has 1 fully saturated rings. The summed E-state index contributed by atoms with van der Waals surface area (Å²) in [7, 11) is 3.43. The Bertz CT molecular complexity index is 184. The number of nitrogens with one attached hydrogen (secondary N) is 2. The summed E-state index contributed by atoms with van der Waals surface area (Å²) in [4.78, 5) is 0. The zero-order chi connectivity index (χ0) is 12.5. The van der Waals surface area contributed by atoms with Crippen LogP contribution >= 0.6 is 0 Å². The summed E-state index contributed by atoms with van der Waals surface area (Å²) in [5.74, 6) is 0. The van der Waals surface area contributed by atoms with Gasteiger partial charge in [0.05, 0.1) is 12.7 Å². The van der Waals surface area contributed by atoms with E-state index in [0.717, 1.165) is 19.1 Å². The van der Waals surface area contributed by atoms with Crippen LogP contribution in [0.25, 0.3) is 0 Å². The van der Waals surface area contributed by atoms with E-state index < -0.39 is 0 Å². The molecule has 0 aromatic rings. The highest BCUT2D eigenvalue weighted by molar-refractivity contribution is 4.76. The van der Waals surface area contributed by atoms with Crippen LogP contribution in [-0.4, -0.2) is 52.1 Å². The summed E-state index contributed by atoms with van der Waals surface area (Å²) in [5, 5.41) is 7.10. The van der Waals surface area contributed by atoms with E-state index >= 15 is 0 Å². The predicted octanol–water partition coefficient (Wildman–Crippen LogP) is 1.16. The minimum absolute atomic E-state index is 0.147. The van der Waals surface area contributed by atoms with Gasteiger partial charge in [-0.25, -0.2) is 0 Å². The molecule has 0 bridgehead atoms. The van der Waals surface area contributed by atoms with Crippen LogP contribution < -0.4 is 10.6 Å². The highest BCUT2D eigenvalue weighted by atomic mass is 16.5. The highest BCUT2D eigenvalue weighted by Gasteiger charge is 2.15. The van der Waals surface area contributed by atoms with E-state index in [0.29, 0.717) is 12.6 Å². The monoisotopic (exact) mass is 244 g/mol. The Labute approximate surface area is 105 Å². The molecule has 0 aromatic heterocycles. The van der Waals surface area contributed by atoms with Crippen LogP contribution in [0.2, 0.25) is 0 Å². The van der Waals surface area contributed by atoms with E-state index in [9.17, 15) is 0 Å². The molecule has 0 spiro atoms. The SMILES string of the molecule is COCC(CNC(C)CNC1CCCC1)OC. The Kier molecular flexibility index (Phi) is 7.77. The van der Waals surface area contributed by atoms with Crippen LogP contribution in [-0.2, 0) is 9.47 Å². The molecule has 1 saturated carbocycles. The fourth-order valence-electron chi connectivity index (χ4n) is 2.27. The molecule has 17 heavy (non-hydrogen) atoms. The second-order valence-electron chi connectivity index (χ2n) is 5.01. The van der Waals surface area contributed by atoms with E-state index in [-0.39, 0.29) is 6.10 Å². The molecule has 4 nitrogen and oxygen atoms in total. The van der Waals surface area contributed by atoms with Gasteiger partial charge in [-0.3, -0.25) is 0 Å². The molecule has 4 heteroatoms. The molecule has 2 N–H and O–H groups in total. The van der Waals surface area contributed by atoms with Gasteiger partial charge in [-0.2, -0.15) is 0 Å². The van der Waals surface area contributed by atoms with Crippen LogP contribution in [0, 0.1) is 0 Å². The van der Waals surface area contributed by atoms with Crippen molar-refractivity contribution in [1.29, 1.82) is 0 Å². The van der Waals surface area contributed by atoms with E-state index in [1.807, 2.05) is 0 Å². The Hall–Kier alpha value is -0.160. The molecular formula is C13H28N2O2. The minimum Gasteiger partial charge on any atom is -0.382 e. The van der Waals surface area contributed by atoms with Crippen LogP contribution in [0.15, 0.2) is 0 Å². The third-order valence-corrected chi connectivity index (χ3v) is 3.45. The molecular weight excluding hydrogens is 216 g/mol. The van der Waals surface area contributed by atoms with Crippen molar-refractivity contribution in [3.63, 3.8) is 0 Å². The average Bonchev–Trinajstić information content (AvgIpc) is 2.85. The molecule has 1 rings (SSSR count). The molecule has 0 amide bonds. The third kappa shape index (κ3) is 6.36. The average molecular weight is 244 g/mol. The smallest absolute Gasteiger partial charge is 0.0928 e. The Morgan fingerprint density at radius 1 is 1.18 bits per heavy atom. The Morgan fingerprint density at radius 2 is 1.88 bits per heavy atom. The lowest BCUT2D eigenvalue weighted by Crippen LogP contribution is -2.43. The van der Waals surface area contributed by atoms with Crippen molar-refractivity contribution in [1.82, 2.24) is 10.6 Å². The van der Waals surface area contributed by atoms with E-state index in [2.05, 4.69) is 17.6 Å². The summed E-state index contributed by atoms with van der Waals surface area (Å²) in [6.07, 6.45) is 5.61. The zero-order valence-electron chi connectivity index (χ0n) is 11.5. The van der Waals surface area contributed by atoms with E-state index in [1.54, 1.807) is 14.2 Å². The fraction of sp³-hybridized carbons (Fsp3) is 1.00. The van der Waals surface area contributed by atoms with Crippen molar-refractivity contribution in [2.75, 3.05) is 33.9 Å². The van der Waals surface area contributed by atoms with E-state index in [1.165, 1.54) is 25.7 Å². The summed E-state index contributed by atoms with van der Waals surface area (Å²) >= 11 is 0. The molecule has 0 saturated heterocycles. The van der Waals surface area contributed by atoms with Gasteiger partial charge in [-0.1, -0.05) is 12.8 Å². The van der Waals surface area contributed by atoms with Gasteiger partial charge in [0.1, 0.15) is 0 Å². The quantitative estimate of drug-likeness (QED) is 0.639. The molecule has 0 aliphatic heterocycles. The van der Waals surface area contributed by atoms with Gasteiger partial charge >= 0.3 is 0 Å². The lowest BCUT2D eigenvalue weighted by atomic mass is 10.2. The van der Waals surface area contributed by atoms with Gasteiger partial charge in [0.2, 0.25) is 0 Å². The standard InChI is InChI=1S/C13H28N2O2/c1-11(8-15-12-6-4-5-7-12)14-9-13(17-3)10-16-2/h11-15H,4-10H2,1-3H3.